The summed E-state index contributed by atoms with van der Waals surface area (Å²) in [7, 11) is 0. The molecular weight excluding hydrogens is 220 g/mol. The van der Waals surface area contributed by atoms with Crippen LogP contribution in [-0.2, 0) is 0 Å². The predicted octanol–water partition coefficient (Wildman–Crippen LogP) is 4.65. The van der Waals surface area contributed by atoms with Crippen molar-refractivity contribution < 1.29 is 0 Å². The minimum atomic E-state index is 0.406. The van der Waals surface area contributed by atoms with Gasteiger partial charge in [-0.05, 0) is 38.2 Å². The largest absolute Gasteiger partial charge is 0.144 e. The molecule has 0 saturated carbocycles. The number of allylic oxidation sites excluding steroid dienone is 5. The van der Waals surface area contributed by atoms with Crippen LogP contribution in [0.5, 0.6) is 0 Å². The second-order valence-electron chi connectivity index (χ2n) is 3.94. The lowest BCUT2D eigenvalue weighted by atomic mass is 10.2. The van der Waals surface area contributed by atoms with Crippen LogP contribution in [0.15, 0.2) is 36.5 Å². The average Bonchev–Trinajstić information content (AvgIpc) is 2.19. The van der Waals surface area contributed by atoms with Crippen molar-refractivity contribution in [2.75, 3.05) is 11.5 Å². The number of hydrogen-bond donors (Lipinski definition) is 0. The van der Waals surface area contributed by atoms with Crippen LogP contribution in [-0.4, -0.2) is 15.6 Å². The lowest BCUT2D eigenvalue weighted by molar-refractivity contribution is 0.887. The molecule has 1 heterocycles. The molecule has 1 fully saturated rings. The van der Waals surface area contributed by atoms with Gasteiger partial charge in [-0.1, -0.05) is 36.5 Å². The summed E-state index contributed by atoms with van der Waals surface area (Å²) in [4.78, 5) is 0. The molecule has 0 aromatic heterocycles. The van der Waals surface area contributed by atoms with Gasteiger partial charge >= 0.3 is 0 Å². The summed E-state index contributed by atoms with van der Waals surface area (Å²) < 4.78 is 0.406. The van der Waals surface area contributed by atoms with Crippen molar-refractivity contribution in [1.29, 1.82) is 0 Å². The highest BCUT2D eigenvalue weighted by atomic mass is 32.2. The van der Waals surface area contributed by atoms with E-state index in [-0.39, 0.29) is 0 Å². The molecule has 0 spiro atoms. The van der Waals surface area contributed by atoms with Crippen molar-refractivity contribution in [2.45, 2.75) is 30.8 Å². The molecule has 0 radical (unpaired) electrons. The van der Waals surface area contributed by atoms with Crippen LogP contribution in [0.1, 0.15) is 26.7 Å². The van der Waals surface area contributed by atoms with E-state index in [9.17, 15) is 0 Å². The molecule has 1 saturated heterocycles. The average molecular weight is 240 g/mol. The van der Waals surface area contributed by atoms with E-state index >= 15 is 0 Å². The maximum absolute atomic E-state index is 3.69. The van der Waals surface area contributed by atoms with Gasteiger partial charge in [0, 0.05) is 0 Å². The van der Waals surface area contributed by atoms with Crippen LogP contribution in [0.3, 0.4) is 0 Å². The van der Waals surface area contributed by atoms with Gasteiger partial charge in [0.25, 0.3) is 0 Å². The fourth-order valence-electron chi connectivity index (χ4n) is 1.49. The normalized spacial score (nSPS) is 21.9. The van der Waals surface area contributed by atoms with Gasteiger partial charge in [-0.3, -0.25) is 0 Å². The van der Waals surface area contributed by atoms with Crippen molar-refractivity contribution in [3.05, 3.63) is 36.5 Å². The van der Waals surface area contributed by atoms with E-state index in [1.807, 2.05) is 12.2 Å². The molecule has 0 amide bonds. The summed E-state index contributed by atoms with van der Waals surface area (Å²) >= 11 is 4.21. The van der Waals surface area contributed by atoms with E-state index in [1.54, 1.807) is 0 Å². The van der Waals surface area contributed by atoms with E-state index in [0.717, 1.165) is 6.42 Å². The standard InChI is InChI=1S/C13H20S2/c1-4-7-12(2)8-5-9-13(3)14-10-6-11-15-13/h4-5,7-8H,1,6,9-11H2,2-3H3. The number of thioether (sulfide) groups is 2. The molecule has 0 nitrogen and oxygen atoms in total. The Labute approximate surface area is 102 Å². The molecular formula is C13H20S2. The Kier molecular flexibility index (Phi) is 5.62. The lowest BCUT2D eigenvalue weighted by Gasteiger charge is -2.31. The first-order valence-electron chi connectivity index (χ1n) is 5.40. The van der Waals surface area contributed by atoms with Crippen LogP contribution in [0.4, 0.5) is 0 Å². The quantitative estimate of drug-likeness (QED) is 0.656. The Hall–Kier alpha value is -0.0800. The van der Waals surface area contributed by atoms with Gasteiger partial charge in [0.2, 0.25) is 0 Å². The Morgan fingerprint density at radius 3 is 2.67 bits per heavy atom. The Morgan fingerprint density at radius 1 is 1.40 bits per heavy atom. The monoisotopic (exact) mass is 240 g/mol. The minimum absolute atomic E-state index is 0.406. The molecule has 1 rings (SSSR count). The van der Waals surface area contributed by atoms with Gasteiger partial charge in [0.05, 0.1) is 4.08 Å². The highest BCUT2D eigenvalue weighted by molar-refractivity contribution is 8.18. The fourth-order valence-corrected chi connectivity index (χ4v) is 4.38. The number of hydrogen-bond acceptors (Lipinski definition) is 2. The topological polar surface area (TPSA) is 0 Å². The van der Waals surface area contributed by atoms with Gasteiger partial charge in [-0.2, -0.15) is 0 Å². The lowest BCUT2D eigenvalue weighted by Crippen LogP contribution is -2.19. The van der Waals surface area contributed by atoms with Crippen molar-refractivity contribution in [3.8, 4) is 0 Å². The fraction of sp³-hybridized carbons (Fsp3) is 0.538. The Bertz CT molecular complexity index is 258. The summed E-state index contributed by atoms with van der Waals surface area (Å²) in [6.07, 6.45) is 10.9. The molecule has 15 heavy (non-hydrogen) atoms. The molecule has 0 bridgehead atoms. The zero-order valence-electron chi connectivity index (χ0n) is 9.66. The molecule has 0 aromatic rings. The van der Waals surface area contributed by atoms with E-state index in [4.69, 9.17) is 0 Å². The van der Waals surface area contributed by atoms with Crippen molar-refractivity contribution in [3.63, 3.8) is 0 Å². The first-order chi connectivity index (χ1) is 7.16. The zero-order valence-corrected chi connectivity index (χ0v) is 11.3. The van der Waals surface area contributed by atoms with Crippen molar-refractivity contribution in [2.24, 2.45) is 0 Å². The van der Waals surface area contributed by atoms with E-state index in [0.29, 0.717) is 4.08 Å². The molecule has 0 unspecified atom stereocenters. The van der Waals surface area contributed by atoms with E-state index in [1.165, 1.54) is 23.5 Å². The third-order valence-electron chi connectivity index (χ3n) is 2.35. The molecule has 0 aromatic carbocycles. The summed E-state index contributed by atoms with van der Waals surface area (Å²) in [5.41, 5.74) is 1.28. The van der Waals surface area contributed by atoms with Crippen LogP contribution < -0.4 is 0 Å². The van der Waals surface area contributed by atoms with Gasteiger partial charge in [0.1, 0.15) is 0 Å². The summed E-state index contributed by atoms with van der Waals surface area (Å²) in [6.45, 7) is 8.17. The van der Waals surface area contributed by atoms with Crippen LogP contribution in [0.25, 0.3) is 0 Å². The number of rotatable bonds is 4. The van der Waals surface area contributed by atoms with Gasteiger partial charge in [-0.15, -0.1) is 23.5 Å². The molecule has 1 aliphatic heterocycles. The highest BCUT2D eigenvalue weighted by Gasteiger charge is 2.26. The molecule has 84 valence electrons. The third-order valence-corrected chi connectivity index (χ3v) is 5.60. The summed E-state index contributed by atoms with van der Waals surface area (Å²) in [5, 5.41) is 0. The first kappa shape index (κ1) is 13.0. The summed E-state index contributed by atoms with van der Waals surface area (Å²) in [5.74, 6) is 2.64. The second-order valence-corrected chi connectivity index (χ2v) is 7.39. The molecule has 0 N–H and O–H groups in total. The molecule has 2 heteroatoms. The van der Waals surface area contributed by atoms with Crippen molar-refractivity contribution in [1.82, 2.24) is 0 Å². The Balaban J connectivity index is 2.40. The van der Waals surface area contributed by atoms with Gasteiger partial charge in [0.15, 0.2) is 0 Å². The van der Waals surface area contributed by atoms with Crippen molar-refractivity contribution >= 4 is 23.5 Å². The van der Waals surface area contributed by atoms with E-state index < -0.39 is 0 Å². The maximum Gasteiger partial charge on any atom is 0.0617 e. The smallest absolute Gasteiger partial charge is 0.0617 e. The zero-order chi connectivity index (χ0) is 11.1. The van der Waals surface area contributed by atoms with Gasteiger partial charge < -0.3 is 0 Å². The van der Waals surface area contributed by atoms with E-state index in [2.05, 4.69) is 56.1 Å². The van der Waals surface area contributed by atoms with Crippen LogP contribution >= 0.6 is 23.5 Å². The van der Waals surface area contributed by atoms with Gasteiger partial charge in [-0.25, -0.2) is 0 Å². The summed E-state index contributed by atoms with van der Waals surface area (Å²) in [6, 6.07) is 0. The molecule has 0 atom stereocenters. The van der Waals surface area contributed by atoms with Crippen LogP contribution in [0.2, 0.25) is 0 Å². The first-order valence-corrected chi connectivity index (χ1v) is 7.37. The van der Waals surface area contributed by atoms with Crippen LogP contribution in [0, 0.1) is 0 Å². The SMILES string of the molecule is C=CC=C(C)C=CCC1(C)SCCCS1. The second kappa shape index (κ2) is 6.49. The third kappa shape index (κ3) is 4.98. The molecule has 1 aliphatic rings. The highest BCUT2D eigenvalue weighted by Crippen LogP contribution is 2.44. The Morgan fingerprint density at radius 2 is 2.07 bits per heavy atom. The maximum atomic E-state index is 3.69. The minimum Gasteiger partial charge on any atom is -0.144 e. The molecule has 0 aliphatic carbocycles. The predicted molar refractivity (Wildman–Crippen MR) is 75.6 cm³/mol.